The van der Waals surface area contributed by atoms with Crippen molar-refractivity contribution < 1.29 is 4.74 Å². The molecule has 4 nitrogen and oxygen atoms in total. The number of ether oxygens (including phenoxy) is 1. The highest BCUT2D eigenvalue weighted by Crippen LogP contribution is 2.32. The molecule has 2 aromatic rings. The minimum Gasteiger partial charge on any atom is -0.496 e. The van der Waals surface area contributed by atoms with Crippen molar-refractivity contribution in [3.8, 4) is 5.13 Å². The predicted octanol–water partition coefficient (Wildman–Crippen LogP) is 3.14. The highest BCUT2D eigenvalue weighted by molar-refractivity contribution is 7.12. The number of thiazole rings is 1. The maximum absolute atomic E-state index is 12.6. The highest BCUT2D eigenvalue weighted by Gasteiger charge is 2.20. The second kappa shape index (κ2) is 5.25. The van der Waals surface area contributed by atoms with Crippen LogP contribution in [0.15, 0.2) is 34.1 Å². The summed E-state index contributed by atoms with van der Waals surface area (Å²) in [6.07, 6.45) is 4.97. The van der Waals surface area contributed by atoms with E-state index in [4.69, 9.17) is 4.74 Å². The minimum absolute atomic E-state index is 0.0712. The van der Waals surface area contributed by atoms with Crippen LogP contribution < -0.4 is 5.56 Å². The van der Waals surface area contributed by atoms with E-state index in [0.29, 0.717) is 10.7 Å². The normalized spacial score (nSPS) is 14.0. The van der Waals surface area contributed by atoms with E-state index in [9.17, 15) is 4.79 Å². The first-order chi connectivity index (χ1) is 9.70. The van der Waals surface area contributed by atoms with Crippen LogP contribution in [0.5, 0.6) is 0 Å². The average Bonchev–Trinajstić information content (AvgIpc) is 2.81. The number of hydrogen-bond donors (Lipinski definition) is 0. The second-order valence-corrected chi connectivity index (χ2v) is 5.70. The molecule has 2 aromatic heterocycles. The quantitative estimate of drug-likeness (QED) is 0.815. The first kappa shape index (κ1) is 13.1. The van der Waals surface area contributed by atoms with Crippen LogP contribution in [0, 0.1) is 6.92 Å². The van der Waals surface area contributed by atoms with E-state index in [2.05, 4.69) is 4.98 Å². The van der Waals surface area contributed by atoms with Crippen molar-refractivity contribution in [3.63, 3.8) is 0 Å². The first-order valence-electron chi connectivity index (χ1n) is 6.61. The molecular formula is C15H16N2O2S. The molecule has 1 saturated carbocycles. The van der Waals surface area contributed by atoms with Crippen molar-refractivity contribution in [1.82, 2.24) is 9.55 Å². The van der Waals surface area contributed by atoms with Crippen LogP contribution in [0.25, 0.3) is 10.9 Å². The van der Waals surface area contributed by atoms with Gasteiger partial charge < -0.3 is 4.74 Å². The predicted molar refractivity (Wildman–Crippen MR) is 80.2 cm³/mol. The highest BCUT2D eigenvalue weighted by atomic mass is 32.1. The van der Waals surface area contributed by atoms with Gasteiger partial charge in [-0.05, 0) is 43.9 Å². The number of aryl methyl sites for hydroxylation is 1. The molecule has 1 aliphatic rings. The Morgan fingerprint density at radius 2 is 2.25 bits per heavy atom. The summed E-state index contributed by atoms with van der Waals surface area (Å²) >= 11 is 1.47. The largest absolute Gasteiger partial charge is 0.496 e. The number of nitrogens with zero attached hydrogens (tertiary/aromatic N) is 2. The number of aromatic nitrogens is 2. The maximum Gasteiger partial charge on any atom is 0.267 e. The molecule has 1 aliphatic carbocycles. The number of methoxy groups -OCH3 is 1. The molecule has 2 heterocycles. The monoisotopic (exact) mass is 288 g/mol. The Morgan fingerprint density at radius 1 is 1.45 bits per heavy atom. The van der Waals surface area contributed by atoms with Gasteiger partial charge in [0.2, 0.25) is 0 Å². The number of hydrogen-bond acceptors (Lipinski definition) is 4. The maximum atomic E-state index is 12.6. The van der Waals surface area contributed by atoms with Gasteiger partial charge in [0, 0.05) is 11.6 Å². The molecule has 20 heavy (non-hydrogen) atoms. The Bertz CT molecular complexity index is 721. The number of rotatable bonds is 3. The first-order valence-corrected chi connectivity index (χ1v) is 7.49. The lowest BCUT2D eigenvalue weighted by molar-refractivity contribution is 0.358. The van der Waals surface area contributed by atoms with Crippen molar-refractivity contribution in [2.24, 2.45) is 0 Å². The summed E-state index contributed by atoms with van der Waals surface area (Å²) < 4.78 is 7.06. The molecule has 5 heteroatoms. The van der Waals surface area contributed by atoms with Gasteiger partial charge >= 0.3 is 0 Å². The standard InChI is InChI=1S/C15H16N2O2S/c1-10-9-20-15(16-10)17-8-4-7-12(14(17)18)13(19-2)11-5-3-6-11/h4,7-9H,3,5-6H2,1-2H3. The molecule has 1 fully saturated rings. The fourth-order valence-electron chi connectivity index (χ4n) is 2.30. The van der Waals surface area contributed by atoms with E-state index in [1.54, 1.807) is 17.9 Å². The average molecular weight is 288 g/mol. The molecule has 0 N–H and O–H groups in total. The van der Waals surface area contributed by atoms with Gasteiger partial charge in [-0.3, -0.25) is 9.36 Å². The third-order valence-electron chi connectivity index (χ3n) is 3.49. The van der Waals surface area contributed by atoms with E-state index < -0.39 is 0 Å². The second-order valence-electron chi connectivity index (χ2n) is 4.86. The molecule has 0 bridgehead atoms. The van der Waals surface area contributed by atoms with Crippen LogP contribution >= 0.6 is 11.3 Å². The van der Waals surface area contributed by atoms with Gasteiger partial charge in [-0.1, -0.05) is 0 Å². The van der Waals surface area contributed by atoms with E-state index in [1.165, 1.54) is 23.3 Å². The van der Waals surface area contributed by atoms with E-state index in [-0.39, 0.29) is 5.56 Å². The SMILES string of the molecule is COC(=C1CCC1)c1cccn(-c2nc(C)cs2)c1=O. The molecule has 0 radical (unpaired) electrons. The molecule has 0 unspecified atom stereocenters. The van der Waals surface area contributed by atoms with Crippen LogP contribution in [-0.2, 0) is 4.74 Å². The molecule has 0 aliphatic heterocycles. The molecule has 0 amide bonds. The number of pyridine rings is 1. The van der Waals surface area contributed by atoms with Crippen molar-refractivity contribution in [1.29, 1.82) is 0 Å². The van der Waals surface area contributed by atoms with Crippen LogP contribution in [0.1, 0.15) is 30.5 Å². The lowest BCUT2D eigenvalue weighted by Crippen LogP contribution is -2.22. The van der Waals surface area contributed by atoms with Crippen LogP contribution in [-0.4, -0.2) is 16.7 Å². The van der Waals surface area contributed by atoms with E-state index >= 15 is 0 Å². The summed E-state index contributed by atoms with van der Waals surface area (Å²) in [6.45, 7) is 1.92. The third kappa shape index (κ3) is 2.18. The summed E-state index contributed by atoms with van der Waals surface area (Å²) in [5.41, 5.74) is 2.71. The number of allylic oxidation sites excluding steroid dienone is 1. The molecule has 0 saturated heterocycles. The fourth-order valence-corrected chi connectivity index (χ4v) is 3.08. The fraction of sp³-hybridized carbons (Fsp3) is 0.333. The smallest absolute Gasteiger partial charge is 0.267 e. The molecule has 0 spiro atoms. The third-order valence-corrected chi connectivity index (χ3v) is 4.44. The van der Waals surface area contributed by atoms with Gasteiger partial charge in [0.1, 0.15) is 5.76 Å². The lowest BCUT2D eigenvalue weighted by Gasteiger charge is -2.21. The molecule has 104 valence electrons. The Labute approximate surface area is 121 Å². The summed E-state index contributed by atoms with van der Waals surface area (Å²) in [7, 11) is 1.63. The van der Waals surface area contributed by atoms with Gasteiger partial charge in [-0.2, -0.15) is 0 Å². The zero-order valence-electron chi connectivity index (χ0n) is 11.5. The van der Waals surface area contributed by atoms with E-state index in [0.717, 1.165) is 24.3 Å². The Hall–Kier alpha value is -1.88. The molecule has 3 rings (SSSR count). The molecule has 0 aromatic carbocycles. The van der Waals surface area contributed by atoms with Crippen LogP contribution in [0.3, 0.4) is 0 Å². The van der Waals surface area contributed by atoms with Gasteiger partial charge in [0.15, 0.2) is 5.13 Å². The lowest BCUT2D eigenvalue weighted by atomic mass is 9.89. The molecular weight excluding hydrogens is 272 g/mol. The minimum atomic E-state index is -0.0712. The Morgan fingerprint density at radius 3 is 2.80 bits per heavy atom. The van der Waals surface area contributed by atoms with Crippen LogP contribution in [0.2, 0.25) is 0 Å². The van der Waals surface area contributed by atoms with Crippen molar-refractivity contribution in [3.05, 3.63) is 50.9 Å². The van der Waals surface area contributed by atoms with Gasteiger partial charge in [-0.25, -0.2) is 4.98 Å². The van der Waals surface area contributed by atoms with Crippen LogP contribution in [0.4, 0.5) is 0 Å². The Kier molecular flexibility index (Phi) is 3.44. The zero-order valence-corrected chi connectivity index (χ0v) is 12.4. The van der Waals surface area contributed by atoms with Gasteiger partial charge in [-0.15, -0.1) is 11.3 Å². The zero-order chi connectivity index (χ0) is 14.1. The van der Waals surface area contributed by atoms with Crippen molar-refractivity contribution >= 4 is 17.1 Å². The van der Waals surface area contributed by atoms with Gasteiger partial charge in [0.05, 0.1) is 18.4 Å². The summed E-state index contributed by atoms with van der Waals surface area (Å²) in [4.78, 5) is 17.0. The van der Waals surface area contributed by atoms with E-state index in [1.807, 2.05) is 24.4 Å². The van der Waals surface area contributed by atoms with Crippen molar-refractivity contribution in [2.45, 2.75) is 26.2 Å². The summed E-state index contributed by atoms with van der Waals surface area (Å²) in [5.74, 6) is 0.740. The van der Waals surface area contributed by atoms with Crippen molar-refractivity contribution in [2.75, 3.05) is 7.11 Å². The van der Waals surface area contributed by atoms with Gasteiger partial charge in [0.25, 0.3) is 5.56 Å². The topological polar surface area (TPSA) is 44.1 Å². The Balaban J connectivity index is 2.12. The summed E-state index contributed by atoms with van der Waals surface area (Å²) in [5, 5.41) is 2.64. The molecule has 0 atom stereocenters. The summed E-state index contributed by atoms with van der Waals surface area (Å²) in [6, 6.07) is 3.69.